The molecular formula is C7H4N3. The first-order valence-corrected chi connectivity index (χ1v) is 2.90. The molecule has 0 unspecified atom stereocenters. The first-order chi connectivity index (χ1) is 4.97. The minimum Gasteiger partial charge on any atom is -0.234 e. The smallest absolute Gasteiger partial charge is 0.181 e. The van der Waals surface area contributed by atoms with Gasteiger partial charge in [-0.25, -0.2) is 4.98 Å². The van der Waals surface area contributed by atoms with Gasteiger partial charge < -0.3 is 0 Å². The summed E-state index contributed by atoms with van der Waals surface area (Å²) in [4.78, 5) is 3.95. The second kappa shape index (κ2) is 2.02. The van der Waals surface area contributed by atoms with E-state index in [2.05, 4.69) is 21.2 Å². The van der Waals surface area contributed by atoms with Crippen LogP contribution in [0.2, 0.25) is 0 Å². The van der Waals surface area contributed by atoms with E-state index in [-0.39, 0.29) is 0 Å². The highest BCUT2D eigenvalue weighted by Gasteiger charge is 1.89. The van der Waals surface area contributed by atoms with Crippen molar-refractivity contribution < 1.29 is 0 Å². The molecule has 0 atom stereocenters. The van der Waals surface area contributed by atoms with Gasteiger partial charge in [0.05, 0.1) is 6.20 Å². The molecule has 0 N–H and O–H groups in total. The molecule has 1 radical (unpaired) electrons. The van der Waals surface area contributed by atoms with Gasteiger partial charge in [-0.2, -0.15) is 5.10 Å². The summed E-state index contributed by atoms with van der Waals surface area (Å²) in [6.45, 7) is 0. The van der Waals surface area contributed by atoms with Crippen molar-refractivity contribution in [3.8, 4) is 0 Å². The number of fused-ring (bicyclic) bond motifs is 1. The maximum atomic E-state index is 3.95. The van der Waals surface area contributed by atoms with Crippen molar-refractivity contribution >= 4 is 11.0 Å². The van der Waals surface area contributed by atoms with Gasteiger partial charge in [-0.15, -0.1) is 5.10 Å². The first-order valence-electron chi connectivity index (χ1n) is 2.90. The number of hydrogen-bond donors (Lipinski definition) is 0. The van der Waals surface area contributed by atoms with Crippen molar-refractivity contribution in [2.75, 3.05) is 0 Å². The molecule has 0 aliphatic rings. The predicted octanol–water partition coefficient (Wildman–Crippen LogP) is 0.825. The van der Waals surface area contributed by atoms with Crippen LogP contribution >= 0.6 is 0 Å². The molecule has 2 rings (SSSR count). The fourth-order valence-corrected chi connectivity index (χ4v) is 0.772. The Hall–Kier alpha value is -1.51. The molecule has 0 aromatic carbocycles. The van der Waals surface area contributed by atoms with Gasteiger partial charge in [0, 0.05) is 17.6 Å². The molecule has 2 heterocycles. The maximum Gasteiger partial charge on any atom is 0.181 e. The standard InChI is InChI=1S/C7H4N3/c1-2-6-3-5-9-10-7(6)8-4-1/h2-5H. The van der Waals surface area contributed by atoms with Crippen molar-refractivity contribution in [2.24, 2.45) is 0 Å². The molecule has 0 bridgehead atoms. The zero-order chi connectivity index (χ0) is 6.81. The SMILES string of the molecule is [c]1cnc2nnccc2c1. The van der Waals surface area contributed by atoms with Crippen LogP contribution in [0.1, 0.15) is 0 Å². The summed E-state index contributed by atoms with van der Waals surface area (Å²) in [5, 5.41) is 8.46. The molecule has 0 saturated heterocycles. The minimum atomic E-state index is 0.668. The first kappa shape index (κ1) is 5.29. The second-order valence-corrected chi connectivity index (χ2v) is 1.88. The van der Waals surface area contributed by atoms with Gasteiger partial charge in [0.15, 0.2) is 5.65 Å². The quantitative estimate of drug-likeness (QED) is 0.530. The van der Waals surface area contributed by atoms with E-state index < -0.39 is 0 Å². The second-order valence-electron chi connectivity index (χ2n) is 1.88. The van der Waals surface area contributed by atoms with Crippen molar-refractivity contribution in [1.82, 2.24) is 15.2 Å². The van der Waals surface area contributed by atoms with Crippen LogP contribution in [0.25, 0.3) is 11.0 Å². The van der Waals surface area contributed by atoms with Crippen molar-refractivity contribution in [3.63, 3.8) is 0 Å². The number of pyridine rings is 1. The molecule has 3 nitrogen and oxygen atoms in total. The van der Waals surface area contributed by atoms with Gasteiger partial charge in [0.2, 0.25) is 0 Å². The van der Waals surface area contributed by atoms with Crippen LogP contribution in [0.3, 0.4) is 0 Å². The van der Waals surface area contributed by atoms with E-state index >= 15 is 0 Å². The zero-order valence-corrected chi connectivity index (χ0v) is 5.15. The van der Waals surface area contributed by atoms with Gasteiger partial charge in [0.25, 0.3) is 0 Å². The molecule has 0 aliphatic carbocycles. The van der Waals surface area contributed by atoms with Crippen molar-refractivity contribution in [1.29, 1.82) is 0 Å². The van der Waals surface area contributed by atoms with Crippen LogP contribution in [0.15, 0.2) is 24.5 Å². The normalized spacial score (nSPS) is 10.0. The number of aromatic nitrogens is 3. The lowest BCUT2D eigenvalue weighted by atomic mass is 10.3. The molecule has 0 spiro atoms. The minimum absolute atomic E-state index is 0.668. The van der Waals surface area contributed by atoms with Gasteiger partial charge in [-0.05, 0) is 12.1 Å². The van der Waals surface area contributed by atoms with E-state index in [4.69, 9.17) is 0 Å². The van der Waals surface area contributed by atoms with Gasteiger partial charge in [-0.1, -0.05) is 0 Å². The third-order valence-electron chi connectivity index (χ3n) is 1.23. The molecular weight excluding hydrogens is 126 g/mol. The summed E-state index contributed by atoms with van der Waals surface area (Å²) in [5.74, 6) is 0. The maximum absolute atomic E-state index is 3.95. The summed E-state index contributed by atoms with van der Waals surface area (Å²) < 4.78 is 0. The Morgan fingerprint density at radius 1 is 1.40 bits per heavy atom. The lowest BCUT2D eigenvalue weighted by Gasteiger charge is -1.89. The van der Waals surface area contributed by atoms with E-state index in [1.165, 1.54) is 0 Å². The Labute approximate surface area is 57.7 Å². The summed E-state index contributed by atoms with van der Waals surface area (Å²) in [5.41, 5.74) is 0.668. The van der Waals surface area contributed by atoms with Crippen LogP contribution in [0, 0.1) is 6.07 Å². The van der Waals surface area contributed by atoms with Crippen LogP contribution in [0.5, 0.6) is 0 Å². The number of nitrogens with zero attached hydrogens (tertiary/aromatic N) is 3. The Morgan fingerprint density at radius 2 is 2.40 bits per heavy atom. The monoisotopic (exact) mass is 130 g/mol. The average Bonchev–Trinajstić information content (AvgIpc) is 2.05. The largest absolute Gasteiger partial charge is 0.234 e. The highest BCUT2D eigenvalue weighted by Crippen LogP contribution is 2.02. The highest BCUT2D eigenvalue weighted by atomic mass is 15.1. The van der Waals surface area contributed by atoms with Crippen molar-refractivity contribution in [3.05, 3.63) is 30.6 Å². The zero-order valence-electron chi connectivity index (χ0n) is 5.15. The van der Waals surface area contributed by atoms with E-state index in [1.807, 2.05) is 12.1 Å². The molecule has 0 fully saturated rings. The predicted molar refractivity (Wildman–Crippen MR) is 36.2 cm³/mol. The topological polar surface area (TPSA) is 38.7 Å². The summed E-state index contributed by atoms with van der Waals surface area (Å²) in [6, 6.07) is 6.54. The third kappa shape index (κ3) is 0.719. The fraction of sp³-hybridized carbons (Fsp3) is 0. The van der Waals surface area contributed by atoms with Gasteiger partial charge in [0.1, 0.15) is 0 Å². The van der Waals surface area contributed by atoms with Crippen LogP contribution < -0.4 is 0 Å². The Morgan fingerprint density at radius 3 is 3.30 bits per heavy atom. The molecule has 2 aromatic rings. The van der Waals surface area contributed by atoms with E-state index in [0.29, 0.717) is 5.65 Å². The Bertz CT molecular complexity index is 280. The lowest BCUT2D eigenvalue weighted by molar-refractivity contribution is 1.05. The van der Waals surface area contributed by atoms with E-state index in [1.54, 1.807) is 12.4 Å². The third-order valence-corrected chi connectivity index (χ3v) is 1.23. The number of hydrogen-bond acceptors (Lipinski definition) is 3. The molecule has 0 aliphatic heterocycles. The summed E-state index contributed by atoms with van der Waals surface area (Å²) in [7, 11) is 0. The number of rotatable bonds is 0. The summed E-state index contributed by atoms with van der Waals surface area (Å²) >= 11 is 0. The van der Waals surface area contributed by atoms with Crippen LogP contribution in [-0.4, -0.2) is 15.2 Å². The fourth-order valence-electron chi connectivity index (χ4n) is 0.772. The Kier molecular flexibility index (Phi) is 1.07. The average molecular weight is 130 g/mol. The Balaban J connectivity index is 2.89. The van der Waals surface area contributed by atoms with E-state index in [0.717, 1.165) is 5.39 Å². The molecule has 0 amide bonds. The van der Waals surface area contributed by atoms with Crippen molar-refractivity contribution in [2.45, 2.75) is 0 Å². The highest BCUT2D eigenvalue weighted by molar-refractivity contribution is 5.72. The molecule has 0 saturated carbocycles. The molecule has 3 heteroatoms. The molecule has 10 heavy (non-hydrogen) atoms. The lowest BCUT2D eigenvalue weighted by Crippen LogP contribution is -1.83. The molecule has 47 valence electrons. The van der Waals surface area contributed by atoms with E-state index in [9.17, 15) is 0 Å². The molecule has 2 aromatic heterocycles. The summed E-state index contributed by atoms with van der Waals surface area (Å²) in [6.07, 6.45) is 3.22. The van der Waals surface area contributed by atoms with Crippen LogP contribution in [-0.2, 0) is 0 Å². The van der Waals surface area contributed by atoms with Gasteiger partial charge >= 0.3 is 0 Å². The van der Waals surface area contributed by atoms with Crippen LogP contribution in [0.4, 0.5) is 0 Å². The van der Waals surface area contributed by atoms with Gasteiger partial charge in [-0.3, -0.25) is 0 Å².